The molecule has 1 aliphatic rings. The molecule has 5 heteroatoms. The second-order valence-electron chi connectivity index (χ2n) is 6.71. The molecule has 0 aliphatic carbocycles. The number of carbonyl (C=O) groups is 2. The summed E-state index contributed by atoms with van der Waals surface area (Å²) in [4.78, 5) is 25.7. The highest BCUT2D eigenvalue weighted by atomic mass is 32.1. The monoisotopic (exact) mass is 344 g/mol. The quantitative estimate of drug-likeness (QED) is 0.899. The summed E-state index contributed by atoms with van der Waals surface area (Å²) in [6.07, 6.45) is 1.05. The van der Waals surface area contributed by atoms with Crippen molar-refractivity contribution in [2.45, 2.75) is 45.3 Å². The lowest BCUT2D eigenvalue weighted by Crippen LogP contribution is -2.31. The fourth-order valence-corrected chi connectivity index (χ4v) is 4.31. The number of fused-ring (bicyclic) bond motifs is 1. The molecule has 0 fully saturated rings. The average Bonchev–Trinajstić information content (AvgIpc) is 2.83. The molecular formula is C19H20O4S. The van der Waals surface area contributed by atoms with E-state index in [0.29, 0.717) is 29.9 Å². The van der Waals surface area contributed by atoms with Crippen LogP contribution >= 0.6 is 11.3 Å². The van der Waals surface area contributed by atoms with Crippen molar-refractivity contribution >= 4 is 23.1 Å². The van der Waals surface area contributed by atoms with E-state index in [9.17, 15) is 14.7 Å². The summed E-state index contributed by atoms with van der Waals surface area (Å²) in [5, 5.41) is 9.64. The summed E-state index contributed by atoms with van der Waals surface area (Å²) >= 11 is 1.40. The van der Waals surface area contributed by atoms with Crippen molar-refractivity contribution in [3.05, 3.63) is 56.8 Å². The molecule has 0 saturated heterocycles. The maximum atomic E-state index is 12.4. The number of carboxylic acids is 1. The van der Waals surface area contributed by atoms with Gasteiger partial charge in [-0.1, -0.05) is 30.3 Å². The van der Waals surface area contributed by atoms with Crippen LogP contribution in [0, 0.1) is 0 Å². The van der Waals surface area contributed by atoms with E-state index in [-0.39, 0.29) is 17.8 Å². The lowest BCUT2D eigenvalue weighted by molar-refractivity contribution is -0.117. The van der Waals surface area contributed by atoms with Crippen LogP contribution in [0.1, 0.15) is 45.1 Å². The van der Waals surface area contributed by atoms with Gasteiger partial charge in [0, 0.05) is 29.0 Å². The predicted molar refractivity (Wildman–Crippen MR) is 92.7 cm³/mol. The van der Waals surface area contributed by atoms with E-state index in [1.807, 2.05) is 44.2 Å². The Morgan fingerprint density at radius 3 is 2.58 bits per heavy atom. The van der Waals surface area contributed by atoms with Crippen molar-refractivity contribution in [2.24, 2.45) is 0 Å². The summed E-state index contributed by atoms with van der Waals surface area (Å²) in [5.74, 6) is -0.921. The van der Waals surface area contributed by atoms with E-state index in [1.54, 1.807) is 0 Å². The van der Waals surface area contributed by atoms with E-state index >= 15 is 0 Å². The van der Waals surface area contributed by atoms with E-state index in [0.717, 1.165) is 16.0 Å². The molecule has 3 rings (SSSR count). The molecule has 1 aliphatic heterocycles. The molecule has 2 heterocycles. The Morgan fingerprint density at radius 2 is 1.92 bits per heavy atom. The zero-order valence-corrected chi connectivity index (χ0v) is 14.6. The topological polar surface area (TPSA) is 63.6 Å². The number of carboxylic acid groups (broad SMARTS) is 1. The van der Waals surface area contributed by atoms with Crippen LogP contribution in [0.25, 0.3) is 0 Å². The van der Waals surface area contributed by atoms with Crippen LogP contribution < -0.4 is 0 Å². The number of Topliss-reactive ketones (excluding diaryl/α,β-unsaturated/α-hetero) is 1. The number of hydrogen-bond donors (Lipinski definition) is 1. The first kappa shape index (κ1) is 16.9. The number of benzene rings is 1. The van der Waals surface area contributed by atoms with Crippen molar-refractivity contribution in [1.29, 1.82) is 0 Å². The first-order valence-corrected chi connectivity index (χ1v) is 8.73. The fourth-order valence-electron chi connectivity index (χ4n) is 3.05. The zero-order chi connectivity index (χ0) is 17.3. The van der Waals surface area contributed by atoms with Gasteiger partial charge in [0.2, 0.25) is 0 Å². The molecule has 1 aromatic heterocycles. The fraction of sp³-hybridized carbons (Fsp3) is 0.368. The Morgan fingerprint density at radius 1 is 1.21 bits per heavy atom. The van der Waals surface area contributed by atoms with E-state index in [4.69, 9.17) is 4.74 Å². The third kappa shape index (κ3) is 3.57. The van der Waals surface area contributed by atoms with Gasteiger partial charge in [0.1, 0.15) is 5.78 Å². The molecule has 2 aromatic rings. The van der Waals surface area contributed by atoms with E-state index in [2.05, 4.69) is 0 Å². The molecule has 1 aromatic carbocycles. The molecule has 0 saturated carbocycles. The minimum absolute atomic E-state index is 0.0301. The third-order valence-electron chi connectivity index (χ3n) is 4.18. The molecule has 0 bridgehead atoms. The normalized spacial score (nSPS) is 15.8. The van der Waals surface area contributed by atoms with Gasteiger partial charge < -0.3 is 9.84 Å². The Balaban J connectivity index is 1.85. The molecular weight excluding hydrogens is 324 g/mol. The highest BCUT2D eigenvalue weighted by Crippen LogP contribution is 2.37. The molecule has 0 atom stereocenters. The molecule has 0 unspecified atom stereocenters. The molecule has 126 valence electrons. The summed E-state index contributed by atoms with van der Waals surface area (Å²) < 4.78 is 5.77. The van der Waals surface area contributed by atoms with Gasteiger partial charge in [-0.3, -0.25) is 4.79 Å². The summed E-state index contributed by atoms with van der Waals surface area (Å²) in [6, 6.07) is 9.52. The first-order chi connectivity index (χ1) is 11.4. The number of ether oxygens (including phenoxy) is 1. The largest absolute Gasteiger partial charge is 0.478 e. The smallest absolute Gasteiger partial charge is 0.337 e. The molecule has 0 spiro atoms. The second kappa shape index (κ2) is 6.49. The second-order valence-corrected chi connectivity index (χ2v) is 7.90. The number of aromatic carboxylic acids is 1. The first-order valence-electron chi connectivity index (χ1n) is 7.92. The minimum Gasteiger partial charge on any atom is -0.478 e. The number of ketones is 1. The standard InChI is InChI=1S/C19H20O4S/c1-19(2)10-14-16(11-23-19)24-15(17(14)18(21)22)9-13(20)8-12-6-4-3-5-7-12/h3-7H,8-11H2,1-2H3,(H,21,22). The molecule has 0 amide bonds. The van der Waals surface area contributed by atoms with Crippen molar-refractivity contribution < 1.29 is 19.4 Å². The maximum absolute atomic E-state index is 12.4. The van der Waals surface area contributed by atoms with Crippen LogP contribution in [0.3, 0.4) is 0 Å². The number of thiophene rings is 1. The molecule has 24 heavy (non-hydrogen) atoms. The van der Waals surface area contributed by atoms with Gasteiger partial charge in [-0.2, -0.15) is 0 Å². The van der Waals surface area contributed by atoms with Gasteiger partial charge in [-0.05, 0) is 25.0 Å². The Kier molecular flexibility index (Phi) is 4.56. The molecule has 0 radical (unpaired) electrons. The molecule has 4 nitrogen and oxygen atoms in total. The zero-order valence-electron chi connectivity index (χ0n) is 13.8. The Bertz CT molecular complexity index is 774. The Labute approximate surface area is 145 Å². The van der Waals surface area contributed by atoms with Crippen LogP contribution in [-0.2, 0) is 35.4 Å². The SMILES string of the molecule is CC1(C)Cc2c(sc(CC(=O)Cc3ccccc3)c2C(=O)O)CO1. The van der Waals surface area contributed by atoms with Crippen molar-refractivity contribution in [3.63, 3.8) is 0 Å². The number of rotatable bonds is 5. The van der Waals surface area contributed by atoms with Gasteiger partial charge in [0.15, 0.2) is 0 Å². The lowest BCUT2D eigenvalue weighted by atomic mass is 9.92. The highest BCUT2D eigenvalue weighted by molar-refractivity contribution is 7.12. The number of carbonyl (C=O) groups excluding carboxylic acids is 1. The van der Waals surface area contributed by atoms with Gasteiger partial charge in [-0.25, -0.2) is 4.79 Å². The summed E-state index contributed by atoms with van der Waals surface area (Å²) in [6.45, 7) is 4.33. The minimum atomic E-state index is -0.951. The maximum Gasteiger partial charge on any atom is 0.337 e. The van der Waals surface area contributed by atoms with Crippen LogP contribution in [0.15, 0.2) is 30.3 Å². The average molecular weight is 344 g/mol. The van der Waals surface area contributed by atoms with Crippen LogP contribution in [-0.4, -0.2) is 22.5 Å². The third-order valence-corrected chi connectivity index (χ3v) is 5.38. The molecule has 1 N–H and O–H groups in total. The van der Waals surface area contributed by atoms with E-state index in [1.165, 1.54) is 11.3 Å². The number of hydrogen-bond acceptors (Lipinski definition) is 4. The van der Waals surface area contributed by atoms with Gasteiger partial charge in [0.05, 0.1) is 17.8 Å². The van der Waals surface area contributed by atoms with Crippen molar-refractivity contribution in [2.75, 3.05) is 0 Å². The van der Waals surface area contributed by atoms with E-state index < -0.39 is 5.97 Å². The summed E-state index contributed by atoms with van der Waals surface area (Å²) in [5.41, 5.74) is 1.73. The van der Waals surface area contributed by atoms with Crippen LogP contribution in [0.5, 0.6) is 0 Å². The summed E-state index contributed by atoms with van der Waals surface area (Å²) in [7, 11) is 0. The van der Waals surface area contributed by atoms with Gasteiger partial charge in [0.25, 0.3) is 0 Å². The van der Waals surface area contributed by atoms with Gasteiger partial charge in [-0.15, -0.1) is 11.3 Å². The Hall–Kier alpha value is -1.98. The van der Waals surface area contributed by atoms with Crippen molar-refractivity contribution in [3.8, 4) is 0 Å². The van der Waals surface area contributed by atoms with Crippen LogP contribution in [0.2, 0.25) is 0 Å². The highest BCUT2D eigenvalue weighted by Gasteiger charge is 2.33. The van der Waals surface area contributed by atoms with Gasteiger partial charge >= 0.3 is 5.97 Å². The predicted octanol–water partition coefficient (Wildman–Crippen LogP) is 3.65. The lowest BCUT2D eigenvalue weighted by Gasteiger charge is -2.30. The van der Waals surface area contributed by atoms with Crippen molar-refractivity contribution in [1.82, 2.24) is 0 Å². The van der Waals surface area contributed by atoms with Crippen LogP contribution in [0.4, 0.5) is 0 Å².